The average molecular weight is 580 g/mol. The molecule has 9 heteroatoms. The zero-order valence-electron chi connectivity index (χ0n) is 22.6. The fraction of sp³-hybridized carbons (Fsp3) is 0.125. The molecule has 0 saturated heterocycles. The minimum absolute atomic E-state index is 0.248. The highest BCUT2D eigenvalue weighted by molar-refractivity contribution is 7.07. The smallest absolute Gasteiger partial charge is 0.271 e. The molecule has 6 rings (SSSR count). The van der Waals surface area contributed by atoms with Crippen molar-refractivity contribution < 1.29 is 4.79 Å². The van der Waals surface area contributed by atoms with E-state index >= 15 is 0 Å². The number of amides is 1. The van der Waals surface area contributed by atoms with Crippen LogP contribution in [0.5, 0.6) is 0 Å². The molecule has 0 fully saturated rings. The maximum absolute atomic E-state index is 14.1. The van der Waals surface area contributed by atoms with Crippen LogP contribution in [0.25, 0.3) is 11.8 Å². The summed E-state index contributed by atoms with van der Waals surface area (Å²) in [6.07, 6.45) is 1.87. The van der Waals surface area contributed by atoms with Gasteiger partial charge in [-0.15, -0.1) is 0 Å². The fourth-order valence-electron chi connectivity index (χ4n) is 5.14. The molecule has 2 aromatic heterocycles. The highest BCUT2D eigenvalue weighted by Crippen LogP contribution is 2.34. The first-order chi connectivity index (χ1) is 19.8. The van der Waals surface area contributed by atoms with E-state index in [1.54, 1.807) is 17.6 Å². The molecule has 0 radical (unpaired) electrons. The molecule has 7 nitrogen and oxygen atoms in total. The van der Waals surface area contributed by atoms with Gasteiger partial charge in [0, 0.05) is 22.0 Å². The van der Waals surface area contributed by atoms with Gasteiger partial charge in [0.25, 0.3) is 11.5 Å². The number of carbonyl (C=O) groups excluding carboxylic acids is 1. The first-order valence-corrected chi connectivity index (χ1v) is 14.3. The van der Waals surface area contributed by atoms with E-state index in [0.717, 1.165) is 22.6 Å². The van der Waals surface area contributed by atoms with Crippen LogP contribution in [0.4, 0.5) is 5.69 Å². The van der Waals surface area contributed by atoms with E-state index in [1.807, 2.05) is 103 Å². The molecule has 1 unspecified atom stereocenters. The molecule has 204 valence electrons. The zero-order valence-corrected chi connectivity index (χ0v) is 24.2. The Hall–Kier alpha value is -4.53. The summed E-state index contributed by atoms with van der Waals surface area (Å²) in [7, 11) is 0. The second kappa shape index (κ2) is 10.8. The number of rotatable bonds is 5. The normalized spacial score (nSPS) is 15.0. The van der Waals surface area contributed by atoms with Gasteiger partial charge in [0.15, 0.2) is 4.80 Å². The molecule has 0 aliphatic carbocycles. The molecule has 0 spiro atoms. The number of para-hydroxylation sites is 2. The molecule has 3 aromatic carbocycles. The Morgan fingerprint density at radius 1 is 0.951 bits per heavy atom. The van der Waals surface area contributed by atoms with Crippen molar-refractivity contribution in [3.05, 3.63) is 143 Å². The van der Waals surface area contributed by atoms with E-state index in [9.17, 15) is 9.59 Å². The van der Waals surface area contributed by atoms with Gasteiger partial charge in [-0.25, -0.2) is 9.67 Å². The molecule has 3 heterocycles. The van der Waals surface area contributed by atoms with Crippen molar-refractivity contribution in [3.8, 4) is 5.69 Å². The molecule has 5 aromatic rings. The monoisotopic (exact) mass is 579 g/mol. The minimum atomic E-state index is -0.750. The van der Waals surface area contributed by atoms with Crippen molar-refractivity contribution in [2.45, 2.75) is 26.8 Å². The molecule has 1 amide bonds. The lowest BCUT2D eigenvalue weighted by Crippen LogP contribution is -2.40. The first kappa shape index (κ1) is 26.7. The van der Waals surface area contributed by atoms with Crippen LogP contribution in [0.2, 0.25) is 5.02 Å². The van der Waals surface area contributed by atoms with Gasteiger partial charge >= 0.3 is 0 Å². The van der Waals surface area contributed by atoms with Crippen molar-refractivity contribution in [3.63, 3.8) is 0 Å². The Bertz CT molecular complexity index is 2010. The number of nitrogens with one attached hydrogen (secondary N) is 1. The van der Waals surface area contributed by atoms with Gasteiger partial charge in [-0.1, -0.05) is 77.5 Å². The number of halogens is 1. The van der Waals surface area contributed by atoms with Gasteiger partial charge in [0.05, 0.1) is 33.2 Å². The number of aromatic nitrogens is 3. The number of benzene rings is 3. The molecule has 41 heavy (non-hydrogen) atoms. The van der Waals surface area contributed by atoms with E-state index < -0.39 is 6.04 Å². The van der Waals surface area contributed by atoms with E-state index in [2.05, 4.69) is 5.32 Å². The lowest BCUT2D eigenvalue weighted by atomic mass is 9.95. The number of anilines is 1. The van der Waals surface area contributed by atoms with Crippen LogP contribution in [0.15, 0.2) is 106 Å². The lowest BCUT2D eigenvalue weighted by Gasteiger charge is -2.26. The van der Waals surface area contributed by atoms with Gasteiger partial charge < -0.3 is 5.32 Å². The summed E-state index contributed by atoms with van der Waals surface area (Å²) in [6, 6.07) is 25.6. The van der Waals surface area contributed by atoms with E-state index in [1.165, 1.54) is 11.3 Å². The highest BCUT2D eigenvalue weighted by Gasteiger charge is 2.33. The van der Waals surface area contributed by atoms with Crippen molar-refractivity contribution in [2.24, 2.45) is 4.99 Å². The third kappa shape index (κ3) is 4.85. The number of fused-ring (bicyclic) bond motifs is 1. The third-order valence-corrected chi connectivity index (χ3v) is 8.45. The Labute approximate surface area is 245 Å². The second-order valence-corrected chi connectivity index (χ2v) is 11.2. The Balaban J connectivity index is 1.52. The molecular formula is C32H26ClN5O2S. The number of allylic oxidation sites excluding steroid dienone is 1. The number of aryl methyl sites for hydroxylation is 1. The quantitative estimate of drug-likeness (QED) is 0.306. The number of thiazole rings is 1. The van der Waals surface area contributed by atoms with Gasteiger partial charge in [-0.3, -0.25) is 14.2 Å². The summed E-state index contributed by atoms with van der Waals surface area (Å²) in [5, 5.41) is 8.15. The van der Waals surface area contributed by atoms with Crippen LogP contribution >= 0.6 is 22.9 Å². The van der Waals surface area contributed by atoms with Gasteiger partial charge in [-0.05, 0) is 62.7 Å². The van der Waals surface area contributed by atoms with Crippen molar-refractivity contribution in [1.29, 1.82) is 0 Å². The summed E-state index contributed by atoms with van der Waals surface area (Å²) in [4.78, 5) is 33.1. The summed E-state index contributed by atoms with van der Waals surface area (Å²) in [5.74, 6) is -0.340. The number of hydrogen-bond donors (Lipinski definition) is 1. The van der Waals surface area contributed by atoms with Gasteiger partial charge in [-0.2, -0.15) is 5.10 Å². The number of hydrogen-bond acceptors (Lipinski definition) is 5. The molecule has 1 aliphatic rings. The van der Waals surface area contributed by atoms with Crippen LogP contribution in [0.3, 0.4) is 0 Å². The SMILES string of the molecule is CC1=C(C(=O)Nc2ccccc2)C(c2ccccc2Cl)n2c(sc(=Cc3c(C)nn(-c4ccccc4)c3C)c2=O)=N1. The number of nitrogens with zero attached hydrogens (tertiary/aromatic N) is 4. The predicted molar refractivity (Wildman–Crippen MR) is 163 cm³/mol. The van der Waals surface area contributed by atoms with Crippen LogP contribution in [-0.2, 0) is 4.79 Å². The topological polar surface area (TPSA) is 81.3 Å². The van der Waals surface area contributed by atoms with Gasteiger partial charge in [0.2, 0.25) is 0 Å². The first-order valence-electron chi connectivity index (χ1n) is 13.1. The molecule has 1 atom stereocenters. The van der Waals surface area contributed by atoms with E-state index in [0.29, 0.717) is 36.9 Å². The Kier molecular flexibility index (Phi) is 7.03. The minimum Gasteiger partial charge on any atom is -0.322 e. The molecular weight excluding hydrogens is 554 g/mol. The molecule has 1 N–H and O–H groups in total. The van der Waals surface area contributed by atoms with Crippen LogP contribution in [0, 0.1) is 13.8 Å². The van der Waals surface area contributed by atoms with Crippen LogP contribution in [0.1, 0.15) is 35.5 Å². The van der Waals surface area contributed by atoms with E-state index in [4.69, 9.17) is 21.7 Å². The lowest BCUT2D eigenvalue weighted by molar-refractivity contribution is -0.113. The largest absolute Gasteiger partial charge is 0.322 e. The van der Waals surface area contributed by atoms with Crippen molar-refractivity contribution in [2.75, 3.05) is 5.32 Å². The van der Waals surface area contributed by atoms with E-state index in [-0.39, 0.29) is 11.5 Å². The molecule has 0 saturated carbocycles. The average Bonchev–Trinajstić information content (AvgIpc) is 3.43. The Morgan fingerprint density at radius 2 is 1.61 bits per heavy atom. The standard InChI is InChI=1S/C32H26ClN5O2S/c1-19-25(21(3)38(36-19)23-14-8-5-9-15-23)18-27-31(40)37-29(24-16-10-11-17-26(24)33)28(20(2)34-32(37)41-27)30(39)35-22-12-6-4-7-13-22/h4-18,29H,1-3H3,(H,35,39). The molecule has 1 aliphatic heterocycles. The second-order valence-electron chi connectivity index (χ2n) is 9.76. The van der Waals surface area contributed by atoms with Crippen molar-refractivity contribution in [1.82, 2.24) is 14.3 Å². The maximum atomic E-state index is 14.1. The maximum Gasteiger partial charge on any atom is 0.271 e. The van der Waals surface area contributed by atoms with Crippen molar-refractivity contribution >= 4 is 40.6 Å². The van der Waals surface area contributed by atoms with Gasteiger partial charge in [0.1, 0.15) is 0 Å². The highest BCUT2D eigenvalue weighted by atomic mass is 35.5. The molecule has 0 bridgehead atoms. The summed E-state index contributed by atoms with van der Waals surface area (Å²) in [5.41, 5.74) is 5.48. The van der Waals surface area contributed by atoms with Crippen LogP contribution in [-0.4, -0.2) is 20.3 Å². The van der Waals surface area contributed by atoms with Crippen LogP contribution < -0.4 is 20.2 Å². The summed E-state index contributed by atoms with van der Waals surface area (Å²) >= 11 is 7.96. The zero-order chi connectivity index (χ0) is 28.7. The summed E-state index contributed by atoms with van der Waals surface area (Å²) in [6.45, 7) is 5.70. The fourth-order valence-corrected chi connectivity index (χ4v) is 6.41. The summed E-state index contributed by atoms with van der Waals surface area (Å²) < 4.78 is 3.95. The Morgan fingerprint density at radius 3 is 2.32 bits per heavy atom. The number of carbonyl (C=O) groups is 1. The predicted octanol–water partition coefficient (Wildman–Crippen LogP) is 5.33. The third-order valence-electron chi connectivity index (χ3n) is 7.12.